The molecule has 10 heteroatoms. The molecule has 0 spiro atoms. The van der Waals surface area contributed by atoms with E-state index in [2.05, 4.69) is 20.6 Å². The van der Waals surface area contributed by atoms with Gasteiger partial charge in [0.15, 0.2) is 0 Å². The highest BCUT2D eigenvalue weighted by molar-refractivity contribution is 6.04. The van der Waals surface area contributed by atoms with Gasteiger partial charge in [0.2, 0.25) is 5.95 Å². The second kappa shape index (κ2) is 7.80. The summed E-state index contributed by atoms with van der Waals surface area (Å²) in [7, 11) is 1.48. The smallest absolute Gasteiger partial charge is 0.304 e. The maximum Gasteiger partial charge on any atom is 0.304 e. The van der Waals surface area contributed by atoms with Gasteiger partial charge in [-0.15, -0.1) is 0 Å². The lowest BCUT2D eigenvalue weighted by Crippen LogP contribution is -2.12. The van der Waals surface area contributed by atoms with E-state index in [-0.39, 0.29) is 17.4 Å². The molecule has 0 saturated carbocycles. The van der Waals surface area contributed by atoms with Crippen LogP contribution in [0.4, 0.5) is 16.0 Å². The number of methoxy groups -OCH3 is 1. The zero-order valence-electron chi connectivity index (χ0n) is 17.2. The van der Waals surface area contributed by atoms with Crippen LogP contribution in [0.25, 0.3) is 17.0 Å². The van der Waals surface area contributed by atoms with Gasteiger partial charge in [0.05, 0.1) is 18.2 Å². The number of aromatic nitrogens is 4. The van der Waals surface area contributed by atoms with Gasteiger partial charge in [0.1, 0.15) is 23.0 Å². The number of hydrogen-bond donors (Lipinski definition) is 3. The number of nitrogens with one attached hydrogen (secondary N) is 2. The van der Waals surface area contributed by atoms with Crippen LogP contribution < -0.4 is 21.1 Å². The summed E-state index contributed by atoms with van der Waals surface area (Å²) in [4.78, 5) is 25.7. The van der Waals surface area contributed by atoms with Gasteiger partial charge in [-0.05, 0) is 36.2 Å². The summed E-state index contributed by atoms with van der Waals surface area (Å²) in [6, 6.07) is 11.7. The summed E-state index contributed by atoms with van der Waals surface area (Å²) in [5, 5.41) is 6.57. The highest BCUT2D eigenvalue weighted by Crippen LogP contribution is 2.32. The number of nitrogens with zero attached hydrogens (tertiary/aromatic N) is 4. The molecule has 1 aliphatic rings. The Bertz CT molecular complexity index is 1350. The van der Waals surface area contributed by atoms with Gasteiger partial charge in [-0.2, -0.15) is 15.0 Å². The first kappa shape index (κ1) is 19.7. The molecule has 4 N–H and O–H groups in total. The fourth-order valence-electron chi connectivity index (χ4n) is 3.85. The highest BCUT2D eigenvalue weighted by atomic mass is 19.1. The number of anilines is 2. The van der Waals surface area contributed by atoms with E-state index < -0.39 is 5.91 Å². The molecule has 3 heterocycles. The fourth-order valence-corrected chi connectivity index (χ4v) is 3.85. The molecular weight excluding hydrogens is 413 g/mol. The van der Waals surface area contributed by atoms with Crippen LogP contribution in [0.1, 0.15) is 21.5 Å². The van der Waals surface area contributed by atoms with Gasteiger partial charge in [0.25, 0.3) is 5.91 Å². The van der Waals surface area contributed by atoms with Crippen molar-refractivity contribution in [3.63, 3.8) is 0 Å². The SMILES string of the molecule is COc1nc2c(C(N)=O)cccc2n1-c1nc2c(c(NCc3cccc(F)c3)n1)CCN2. The van der Waals surface area contributed by atoms with E-state index in [0.717, 1.165) is 24.1 Å². The Morgan fingerprint density at radius 2 is 2.09 bits per heavy atom. The summed E-state index contributed by atoms with van der Waals surface area (Å²) in [6.45, 7) is 1.13. The minimum Gasteiger partial charge on any atom is -0.468 e. The Morgan fingerprint density at radius 3 is 2.88 bits per heavy atom. The van der Waals surface area contributed by atoms with Gasteiger partial charge in [-0.25, -0.2) is 8.96 Å². The fraction of sp³-hybridized carbons (Fsp3) is 0.182. The van der Waals surface area contributed by atoms with Crippen molar-refractivity contribution in [3.8, 4) is 12.0 Å². The second-order valence-corrected chi connectivity index (χ2v) is 7.33. The summed E-state index contributed by atoms with van der Waals surface area (Å²) in [5.41, 5.74) is 8.54. The molecule has 2 aromatic heterocycles. The van der Waals surface area contributed by atoms with Gasteiger partial charge in [0, 0.05) is 18.7 Å². The van der Waals surface area contributed by atoms with E-state index >= 15 is 0 Å². The third-order valence-corrected chi connectivity index (χ3v) is 5.31. The molecule has 32 heavy (non-hydrogen) atoms. The summed E-state index contributed by atoms with van der Waals surface area (Å²) in [6.07, 6.45) is 0.759. The van der Waals surface area contributed by atoms with Crippen molar-refractivity contribution in [2.75, 3.05) is 24.3 Å². The first-order valence-electron chi connectivity index (χ1n) is 10.0. The average Bonchev–Trinajstić information content (AvgIpc) is 3.41. The van der Waals surface area contributed by atoms with Crippen LogP contribution in [-0.4, -0.2) is 39.1 Å². The number of imidazole rings is 1. The quantitative estimate of drug-likeness (QED) is 0.428. The van der Waals surface area contributed by atoms with Crippen LogP contribution in [0, 0.1) is 5.82 Å². The topological polar surface area (TPSA) is 120 Å². The number of nitrogens with two attached hydrogens (primary N) is 1. The standard InChI is InChI=1S/C22H20FN7O2/c1-32-22-27-17-14(18(24)31)6-3-7-16(17)30(22)21-28-19-15(8-9-25-19)20(29-21)26-11-12-4-2-5-13(23)10-12/h2-7,10H,8-9,11H2,1H3,(H2,24,31)(H2,25,26,28,29). The number of para-hydroxylation sites is 1. The van der Waals surface area contributed by atoms with Gasteiger partial charge < -0.3 is 21.1 Å². The molecule has 162 valence electrons. The minimum atomic E-state index is -0.586. The first-order valence-corrected chi connectivity index (χ1v) is 10.0. The van der Waals surface area contributed by atoms with Gasteiger partial charge >= 0.3 is 6.01 Å². The number of benzene rings is 2. The lowest BCUT2D eigenvalue weighted by Gasteiger charge is -2.13. The normalized spacial score (nSPS) is 12.4. The van der Waals surface area contributed by atoms with E-state index in [9.17, 15) is 9.18 Å². The molecule has 0 radical (unpaired) electrons. The zero-order chi connectivity index (χ0) is 22.2. The number of carbonyl (C=O) groups excluding carboxylic acids is 1. The molecule has 0 aliphatic carbocycles. The second-order valence-electron chi connectivity index (χ2n) is 7.33. The zero-order valence-corrected chi connectivity index (χ0v) is 17.2. The van der Waals surface area contributed by atoms with Crippen LogP contribution in [0.5, 0.6) is 6.01 Å². The predicted octanol–water partition coefficient (Wildman–Crippen LogP) is 2.64. The highest BCUT2D eigenvalue weighted by Gasteiger charge is 2.24. The number of hydrogen-bond acceptors (Lipinski definition) is 7. The monoisotopic (exact) mass is 433 g/mol. The predicted molar refractivity (Wildman–Crippen MR) is 118 cm³/mol. The molecule has 9 nitrogen and oxygen atoms in total. The van der Waals surface area contributed by atoms with Crippen molar-refractivity contribution in [3.05, 3.63) is 65.0 Å². The molecular formula is C22H20FN7O2. The summed E-state index contributed by atoms with van der Waals surface area (Å²) >= 11 is 0. The van der Waals surface area contributed by atoms with Crippen molar-refractivity contribution in [2.45, 2.75) is 13.0 Å². The molecule has 5 rings (SSSR count). The molecule has 1 aliphatic heterocycles. The number of amides is 1. The van der Waals surface area contributed by atoms with Crippen LogP contribution in [0.3, 0.4) is 0 Å². The molecule has 1 amide bonds. The molecule has 0 saturated heterocycles. The molecule has 4 aromatic rings. The number of carbonyl (C=O) groups is 1. The largest absolute Gasteiger partial charge is 0.468 e. The maximum absolute atomic E-state index is 13.6. The van der Waals surface area contributed by atoms with Crippen molar-refractivity contribution < 1.29 is 13.9 Å². The Hall–Kier alpha value is -4.21. The number of halogens is 1. The van der Waals surface area contributed by atoms with Crippen molar-refractivity contribution in [2.24, 2.45) is 5.73 Å². The minimum absolute atomic E-state index is 0.225. The van der Waals surface area contributed by atoms with Gasteiger partial charge in [-0.3, -0.25) is 4.79 Å². The molecule has 0 fully saturated rings. The van der Waals surface area contributed by atoms with E-state index in [1.54, 1.807) is 28.8 Å². The number of fused-ring (bicyclic) bond motifs is 2. The average molecular weight is 433 g/mol. The number of ether oxygens (including phenoxy) is 1. The van der Waals surface area contributed by atoms with Gasteiger partial charge in [-0.1, -0.05) is 18.2 Å². The molecule has 2 aromatic carbocycles. The molecule has 0 bridgehead atoms. The van der Waals surface area contributed by atoms with E-state index in [1.807, 2.05) is 6.07 Å². The summed E-state index contributed by atoms with van der Waals surface area (Å²) < 4.78 is 20.7. The maximum atomic E-state index is 13.6. The van der Waals surface area contributed by atoms with Crippen molar-refractivity contribution in [1.82, 2.24) is 19.5 Å². The first-order chi connectivity index (χ1) is 15.5. The van der Waals surface area contributed by atoms with E-state index in [0.29, 0.717) is 35.2 Å². The van der Waals surface area contributed by atoms with Crippen LogP contribution in [0.2, 0.25) is 0 Å². The van der Waals surface area contributed by atoms with Crippen LogP contribution in [-0.2, 0) is 13.0 Å². The Kier molecular flexibility index (Phi) is 4.81. The van der Waals surface area contributed by atoms with Crippen LogP contribution in [0.15, 0.2) is 42.5 Å². The lowest BCUT2D eigenvalue weighted by molar-refractivity contribution is 0.100. The third kappa shape index (κ3) is 3.35. The Morgan fingerprint density at radius 1 is 1.25 bits per heavy atom. The van der Waals surface area contributed by atoms with Crippen molar-refractivity contribution in [1.29, 1.82) is 0 Å². The summed E-state index contributed by atoms with van der Waals surface area (Å²) in [5.74, 6) is 0.776. The van der Waals surface area contributed by atoms with E-state index in [4.69, 9.17) is 15.5 Å². The Labute approximate surface area is 182 Å². The third-order valence-electron chi connectivity index (χ3n) is 5.31. The van der Waals surface area contributed by atoms with E-state index in [1.165, 1.54) is 19.2 Å². The Balaban J connectivity index is 1.62. The number of rotatable bonds is 6. The molecule has 0 atom stereocenters. The van der Waals surface area contributed by atoms with Crippen LogP contribution >= 0.6 is 0 Å². The van der Waals surface area contributed by atoms with Crippen molar-refractivity contribution >= 4 is 28.6 Å². The molecule has 0 unspecified atom stereocenters. The number of primary amides is 1. The lowest BCUT2D eigenvalue weighted by atomic mass is 10.2.